The largest absolute Gasteiger partial charge is 0.353 e. The fourth-order valence-corrected chi connectivity index (χ4v) is 1.59. The van der Waals surface area contributed by atoms with E-state index in [1.807, 2.05) is 24.3 Å². The second-order valence-corrected chi connectivity index (χ2v) is 3.59. The summed E-state index contributed by atoms with van der Waals surface area (Å²) in [7, 11) is 0. The van der Waals surface area contributed by atoms with Crippen LogP contribution in [-0.4, -0.2) is 19.5 Å². The highest BCUT2D eigenvalue weighted by Crippen LogP contribution is 2.12. The van der Waals surface area contributed by atoms with Gasteiger partial charge < -0.3 is 9.47 Å². The van der Waals surface area contributed by atoms with Gasteiger partial charge in [0.25, 0.3) is 0 Å². The Balaban J connectivity index is 1.71. The van der Waals surface area contributed by atoms with Crippen LogP contribution in [0.2, 0.25) is 0 Å². The zero-order valence-corrected chi connectivity index (χ0v) is 8.76. The minimum absolute atomic E-state index is 0.0189. The molecule has 1 aliphatic rings. The average molecular weight is 204 g/mol. The van der Waals surface area contributed by atoms with E-state index in [2.05, 4.69) is 18.2 Å². The van der Waals surface area contributed by atoms with Crippen molar-refractivity contribution >= 4 is 6.08 Å². The molecule has 1 atom stereocenters. The maximum atomic E-state index is 5.52. The van der Waals surface area contributed by atoms with Gasteiger partial charge in [0.1, 0.15) is 0 Å². The third-order valence-corrected chi connectivity index (χ3v) is 2.38. The van der Waals surface area contributed by atoms with Gasteiger partial charge in [0.2, 0.25) is 0 Å². The molecule has 0 radical (unpaired) electrons. The second kappa shape index (κ2) is 5.69. The summed E-state index contributed by atoms with van der Waals surface area (Å²) in [5.41, 5.74) is 1.20. The van der Waals surface area contributed by atoms with E-state index in [1.165, 1.54) is 5.56 Å². The maximum Gasteiger partial charge on any atom is 0.158 e. The third kappa shape index (κ3) is 3.50. The first-order valence-corrected chi connectivity index (χ1v) is 5.40. The normalized spacial score (nSPS) is 21.2. The standard InChI is InChI=1S/C13H16O2/c1-2-6-12(7-3-1)8-4-10-14-13-9-5-11-15-13/h1-4,6-8,13H,5,9-11H2/b8-4+. The van der Waals surface area contributed by atoms with Gasteiger partial charge in [-0.05, 0) is 12.0 Å². The van der Waals surface area contributed by atoms with Crippen LogP contribution in [0.4, 0.5) is 0 Å². The topological polar surface area (TPSA) is 18.5 Å². The molecule has 0 bridgehead atoms. The highest BCUT2D eigenvalue weighted by molar-refractivity contribution is 5.48. The minimum Gasteiger partial charge on any atom is -0.353 e. The van der Waals surface area contributed by atoms with Gasteiger partial charge in [-0.15, -0.1) is 0 Å². The minimum atomic E-state index is 0.0189. The Morgan fingerprint density at radius 1 is 1.33 bits per heavy atom. The van der Waals surface area contributed by atoms with Crippen molar-refractivity contribution in [3.63, 3.8) is 0 Å². The van der Waals surface area contributed by atoms with Gasteiger partial charge in [0.15, 0.2) is 6.29 Å². The highest BCUT2D eigenvalue weighted by Gasteiger charge is 2.14. The van der Waals surface area contributed by atoms with Gasteiger partial charge in [-0.2, -0.15) is 0 Å². The molecule has 2 heteroatoms. The summed E-state index contributed by atoms with van der Waals surface area (Å²) in [5.74, 6) is 0. The molecule has 2 rings (SSSR count). The summed E-state index contributed by atoms with van der Waals surface area (Å²) in [5, 5.41) is 0. The van der Waals surface area contributed by atoms with Gasteiger partial charge in [-0.1, -0.05) is 42.5 Å². The van der Waals surface area contributed by atoms with Gasteiger partial charge in [-0.25, -0.2) is 0 Å². The monoisotopic (exact) mass is 204 g/mol. The van der Waals surface area contributed by atoms with Crippen LogP contribution in [0.3, 0.4) is 0 Å². The van der Waals surface area contributed by atoms with Crippen LogP contribution in [0.15, 0.2) is 36.4 Å². The zero-order chi connectivity index (χ0) is 10.3. The highest BCUT2D eigenvalue weighted by atomic mass is 16.7. The number of ether oxygens (including phenoxy) is 2. The molecule has 1 fully saturated rings. The van der Waals surface area contributed by atoms with Crippen molar-refractivity contribution in [3.05, 3.63) is 42.0 Å². The SMILES string of the molecule is C(=C\c1ccccc1)/COC1CCCO1. The van der Waals surface area contributed by atoms with E-state index in [0.29, 0.717) is 6.61 Å². The van der Waals surface area contributed by atoms with E-state index in [-0.39, 0.29) is 6.29 Å². The molecule has 1 saturated heterocycles. The van der Waals surface area contributed by atoms with E-state index in [4.69, 9.17) is 9.47 Å². The van der Waals surface area contributed by atoms with Gasteiger partial charge in [-0.3, -0.25) is 0 Å². The first-order valence-electron chi connectivity index (χ1n) is 5.40. The second-order valence-electron chi connectivity index (χ2n) is 3.59. The van der Waals surface area contributed by atoms with Crippen molar-refractivity contribution in [1.29, 1.82) is 0 Å². The van der Waals surface area contributed by atoms with Crippen molar-refractivity contribution in [2.24, 2.45) is 0 Å². The molecule has 1 aromatic rings. The Kier molecular flexibility index (Phi) is 3.94. The molecule has 2 nitrogen and oxygen atoms in total. The van der Waals surface area contributed by atoms with Crippen LogP contribution >= 0.6 is 0 Å². The summed E-state index contributed by atoms with van der Waals surface area (Å²) in [6, 6.07) is 10.2. The third-order valence-electron chi connectivity index (χ3n) is 2.38. The lowest BCUT2D eigenvalue weighted by Gasteiger charge is -2.07. The Morgan fingerprint density at radius 2 is 2.20 bits per heavy atom. The average Bonchev–Trinajstić information content (AvgIpc) is 2.79. The summed E-state index contributed by atoms with van der Waals surface area (Å²) >= 11 is 0. The fraction of sp³-hybridized carbons (Fsp3) is 0.385. The summed E-state index contributed by atoms with van der Waals surface area (Å²) < 4.78 is 10.9. The molecular formula is C13H16O2. The van der Waals surface area contributed by atoms with Crippen molar-refractivity contribution in [3.8, 4) is 0 Å². The smallest absolute Gasteiger partial charge is 0.158 e. The molecule has 0 N–H and O–H groups in total. The molecule has 0 aliphatic carbocycles. The van der Waals surface area contributed by atoms with Gasteiger partial charge in [0, 0.05) is 13.0 Å². The van der Waals surface area contributed by atoms with Crippen LogP contribution in [0.5, 0.6) is 0 Å². The summed E-state index contributed by atoms with van der Waals surface area (Å²) in [6.45, 7) is 1.46. The molecule has 0 amide bonds. The molecule has 0 spiro atoms. The van der Waals surface area contributed by atoms with E-state index >= 15 is 0 Å². The molecular weight excluding hydrogens is 188 g/mol. The molecule has 1 aromatic carbocycles. The Bertz CT molecular complexity index is 300. The fourth-order valence-electron chi connectivity index (χ4n) is 1.59. The quantitative estimate of drug-likeness (QED) is 0.750. The number of hydrogen-bond acceptors (Lipinski definition) is 2. The van der Waals surface area contributed by atoms with Crippen LogP contribution in [0, 0.1) is 0 Å². The lowest BCUT2D eigenvalue weighted by Crippen LogP contribution is -2.09. The Labute approximate surface area is 90.5 Å². The maximum absolute atomic E-state index is 5.52. The predicted molar refractivity (Wildman–Crippen MR) is 60.4 cm³/mol. The van der Waals surface area contributed by atoms with Crippen LogP contribution in [-0.2, 0) is 9.47 Å². The molecule has 1 aliphatic heterocycles. The molecule has 15 heavy (non-hydrogen) atoms. The Hall–Kier alpha value is -1.12. The van der Waals surface area contributed by atoms with Gasteiger partial charge >= 0.3 is 0 Å². The van der Waals surface area contributed by atoms with Crippen LogP contribution < -0.4 is 0 Å². The van der Waals surface area contributed by atoms with E-state index in [0.717, 1.165) is 19.4 Å². The van der Waals surface area contributed by atoms with E-state index in [1.54, 1.807) is 0 Å². The molecule has 0 saturated carbocycles. The number of rotatable bonds is 4. The van der Waals surface area contributed by atoms with Crippen molar-refractivity contribution in [2.75, 3.05) is 13.2 Å². The summed E-state index contributed by atoms with van der Waals surface area (Å²) in [6.07, 6.45) is 6.25. The van der Waals surface area contributed by atoms with Crippen molar-refractivity contribution < 1.29 is 9.47 Å². The molecule has 80 valence electrons. The van der Waals surface area contributed by atoms with E-state index in [9.17, 15) is 0 Å². The van der Waals surface area contributed by atoms with E-state index < -0.39 is 0 Å². The number of hydrogen-bond donors (Lipinski definition) is 0. The molecule has 1 heterocycles. The number of benzene rings is 1. The van der Waals surface area contributed by atoms with Crippen molar-refractivity contribution in [2.45, 2.75) is 19.1 Å². The molecule has 0 aromatic heterocycles. The predicted octanol–water partition coefficient (Wildman–Crippen LogP) is 2.85. The lowest BCUT2D eigenvalue weighted by molar-refractivity contribution is -0.101. The van der Waals surface area contributed by atoms with Crippen LogP contribution in [0.25, 0.3) is 6.08 Å². The lowest BCUT2D eigenvalue weighted by atomic mass is 10.2. The van der Waals surface area contributed by atoms with Gasteiger partial charge in [0.05, 0.1) is 6.61 Å². The molecule has 1 unspecified atom stereocenters. The first kappa shape index (κ1) is 10.4. The first-order chi connectivity index (χ1) is 7.45. The Morgan fingerprint density at radius 3 is 2.93 bits per heavy atom. The summed E-state index contributed by atoms with van der Waals surface area (Å²) in [4.78, 5) is 0. The van der Waals surface area contributed by atoms with Crippen LogP contribution in [0.1, 0.15) is 18.4 Å². The van der Waals surface area contributed by atoms with Crippen molar-refractivity contribution in [1.82, 2.24) is 0 Å². The zero-order valence-electron chi connectivity index (χ0n) is 8.76.